The van der Waals surface area contributed by atoms with Crippen molar-refractivity contribution >= 4 is 17.5 Å². The Morgan fingerprint density at radius 3 is 2.35 bits per heavy atom. The van der Waals surface area contributed by atoms with Gasteiger partial charge >= 0.3 is 0 Å². The molecule has 0 N–H and O–H groups in total. The molecular weight excluding hydrogens is 292 g/mol. The Balaban J connectivity index is 2.00. The molecule has 3 rings (SSSR count). The average Bonchev–Trinajstić information content (AvgIpc) is 2.92. The van der Waals surface area contributed by atoms with Crippen molar-refractivity contribution in [2.45, 2.75) is 46.7 Å². The minimum atomic E-state index is 0.381. The van der Waals surface area contributed by atoms with Gasteiger partial charge in [-0.3, -0.25) is 0 Å². The van der Waals surface area contributed by atoms with Crippen LogP contribution < -0.4 is 9.80 Å². The maximum absolute atomic E-state index is 5.40. The van der Waals surface area contributed by atoms with E-state index in [0.29, 0.717) is 17.9 Å². The lowest BCUT2D eigenvalue weighted by Crippen LogP contribution is -2.37. The van der Waals surface area contributed by atoms with Gasteiger partial charge in [0.25, 0.3) is 5.78 Å². The van der Waals surface area contributed by atoms with Crippen LogP contribution in [0.25, 0.3) is 5.78 Å². The Morgan fingerprint density at radius 1 is 1.09 bits per heavy atom. The van der Waals surface area contributed by atoms with E-state index < -0.39 is 0 Å². The summed E-state index contributed by atoms with van der Waals surface area (Å²) in [6.45, 7) is 13.9. The summed E-state index contributed by atoms with van der Waals surface area (Å²) in [4.78, 5) is 13.8. The van der Waals surface area contributed by atoms with Crippen LogP contribution >= 0.6 is 0 Å². The van der Waals surface area contributed by atoms with Crippen LogP contribution in [0.4, 0.5) is 11.8 Å². The highest BCUT2D eigenvalue weighted by molar-refractivity contribution is 5.50. The second-order valence-electron chi connectivity index (χ2n) is 6.57. The third-order valence-electron chi connectivity index (χ3n) is 4.14. The number of ether oxygens (including phenoxy) is 1. The van der Waals surface area contributed by atoms with Crippen LogP contribution in [-0.4, -0.2) is 58.0 Å². The van der Waals surface area contributed by atoms with Crippen molar-refractivity contribution in [1.29, 1.82) is 0 Å². The zero-order chi connectivity index (χ0) is 16.6. The van der Waals surface area contributed by atoms with Gasteiger partial charge in [0.2, 0.25) is 5.95 Å². The van der Waals surface area contributed by atoms with Crippen LogP contribution in [0.2, 0.25) is 0 Å². The lowest BCUT2D eigenvalue weighted by atomic mass is 10.2. The summed E-state index contributed by atoms with van der Waals surface area (Å²) in [5, 5.41) is 4.62. The summed E-state index contributed by atoms with van der Waals surface area (Å²) in [5.41, 5.74) is 1.04. The van der Waals surface area contributed by atoms with Crippen molar-refractivity contribution in [1.82, 2.24) is 19.6 Å². The molecule has 0 aromatic carbocycles. The summed E-state index contributed by atoms with van der Waals surface area (Å²) in [7, 11) is 0. The average molecular weight is 318 g/mol. The topological polar surface area (TPSA) is 58.8 Å². The number of nitrogens with zero attached hydrogens (tertiary/aromatic N) is 6. The van der Waals surface area contributed by atoms with Gasteiger partial charge in [-0.15, -0.1) is 5.10 Å². The number of hydrogen-bond acceptors (Lipinski definition) is 6. The van der Waals surface area contributed by atoms with Crippen LogP contribution in [-0.2, 0) is 4.74 Å². The molecule has 126 valence electrons. The van der Waals surface area contributed by atoms with Crippen LogP contribution in [0.15, 0.2) is 6.07 Å². The van der Waals surface area contributed by atoms with Crippen molar-refractivity contribution in [3.8, 4) is 0 Å². The van der Waals surface area contributed by atoms with Gasteiger partial charge in [0.1, 0.15) is 5.82 Å². The molecule has 0 aliphatic carbocycles. The molecule has 1 aliphatic heterocycles. The Bertz CT molecular complexity index is 667. The lowest BCUT2D eigenvalue weighted by Gasteiger charge is -2.32. The first-order chi connectivity index (χ1) is 11.0. The van der Waals surface area contributed by atoms with Gasteiger partial charge in [0.05, 0.1) is 13.2 Å². The highest BCUT2D eigenvalue weighted by atomic mass is 16.5. The van der Waals surface area contributed by atoms with Crippen molar-refractivity contribution in [2.24, 2.45) is 0 Å². The second-order valence-corrected chi connectivity index (χ2v) is 6.57. The summed E-state index contributed by atoms with van der Waals surface area (Å²) >= 11 is 0. The monoisotopic (exact) mass is 318 g/mol. The van der Waals surface area contributed by atoms with E-state index in [1.807, 2.05) is 4.52 Å². The number of aryl methyl sites for hydroxylation is 1. The number of rotatable bonds is 4. The van der Waals surface area contributed by atoms with Gasteiger partial charge in [0, 0.05) is 36.9 Å². The molecule has 1 aliphatic rings. The number of hydrogen-bond donors (Lipinski definition) is 0. The molecule has 7 nitrogen and oxygen atoms in total. The van der Waals surface area contributed by atoms with E-state index in [1.165, 1.54) is 0 Å². The van der Waals surface area contributed by atoms with Gasteiger partial charge in [-0.2, -0.15) is 14.5 Å². The van der Waals surface area contributed by atoms with Crippen molar-refractivity contribution in [3.63, 3.8) is 0 Å². The Labute approximate surface area is 137 Å². The quantitative estimate of drug-likeness (QED) is 0.858. The number of anilines is 2. The standard InChI is InChI=1S/C16H26N6O/c1-11(2)21(12(3)4)14-10-13(5)22-15(17-14)18-16(19-22)20-6-8-23-9-7-20/h10-12H,6-9H2,1-5H3. The van der Waals surface area contributed by atoms with Gasteiger partial charge in [0.15, 0.2) is 0 Å². The molecular formula is C16H26N6O. The number of aromatic nitrogens is 4. The van der Waals surface area contributed by atoms with Crippen LogP contribution in [0, 0.1) is 6.92 Å². The normalized spacial score (nSPS) is 15.9. The molecule has 1 fully saturated rings. The number of fused-ring (bicyclic) bond motifs is 1. The molecule has 2 aromatic rings. The highest BCUT2D eigenvalue weighted by Gasteiger charge is 2.20. The predicted octanol–water partition coefficient (Wildman–Crippen LogP) is 1.89. The fourth-order valence-electron chi connectivity index (χ4n) is 3.14. The second kappa shape index (κ2) is 6.31. The Hall–Kier alpha value is -1.89. The Kier molecular flexibility index (Phi) is 4.39. The smallest absolute Gasteiger partial charge is 0.256 e. The number of morpholine rings is 1. The summed E-state index contributed by atoms with van der Waals surface area (Å²) in [6.07, 6.45) is 0. The van der Waals surface area contributed by atoms with E-state index in [0.717, 1.165) is 43.8 Å². The molecule has 0 atom stereocenters. The molecule has 0 radical (unpaired) electrons. The first-order valence-electron chi connectivity index (χ1n) is 8.33. The van der Waals surface area contributed by atoms with Gasteiger partial charge in [-0.05, 0) is 34.6 Å². The first kappa shape index (κ1) is 16.0. The van der Waals surface area contributed by atoms with Crippen LogP contribution in [0.5, 0.6) is 0 Å². The summed E-state index contributed by atoms with van der Waals surface area (Å²) in [6, 6.07) is 2.85. The zero-order valence-electron chi connectivity index (χ0n) is 14.7. The van der Waals surface area contributed by atoms with Gasteiger partial charge in [-0.25, -0.2) is 0 Å². The zero-order valence-corrected chi connectivity index (χ0v) is 14.7. The fourth-order valence-corrected chi connectivity index (χ4v) is 3.14. The molecule has 7 heteroatoms. The minimum Gasteiger partial charge on any atom is -0.378 e. The molecule has 0 spiro atoms. The third-order valence-corrected chi connectivity index (χ3v) is 4.14. The van der Waals surface area contributed by atoms with Crippen molar-refractivity contribution in [2.75, 3.05) is 36.1 Å². The van der Waals surface area contributed by atoms with Gasteiger partial charge in [-0.1, -0.05) is 0 Å². The van der Waals surface area contributed by atoms with Crippen LogP contribution in [0.3, 0.4) is 0 Å². The molecule has 0 unspecified atom stereocenters. The minimum absolute atomic E-state index is 0.381. The third kappa shape index (κ3) is 3.10. The van der Waals surface area contributed by atoms with E-state index in [2.05, 4.69) is 60.6 Å². The van der Waals surface area contributed by atoms with E-state index >= 15 is 0 Å². The molecule has 2 aromatic heterocycles. The van der Waals surface area contributed by atoms with E-state index in [-0.39, 0.29) is 0 Å². The van der Waals surface area contributed by atoms with Crippen LogP contribution in [0.1, 0.15) is 33.4 Å². The molecule has 3 heterocycles. The fraction of sp³-hybridized carbons (Fsp3) is 0.688. The first-order valence-corrected chi connectivity index (χ1v) is 8.33. The SMILES string of the molecule is Cc1cc(N(C(C)C)C(C)C)nc2nc(N3CCOCC3)nn12. The molecule has 0 amide bonds. The van der Waals surface area contributed by atoms with Crippen molar-refractivity contribution < 1.29 is 4.74 Å². The largest absolute Gasteiger partial charge is 0.378 e. The molecule has 23 heavy (non-hydrogen) atoms. The predicted molar refractivity (Wildman–Crippen MR) is 91.3 cm³/mol. The summed E-state index contributed by atoms with van der Waals surface area (Å²) in [5.74, 6) is 2.36. The maximum atomic E-state index is 5.40. The lowest BCUT2D eigenvalue weighted by molar-refractivity contribution is 0.122. The van der Waals surface area contributed by atoms with E-state index in [1.54, 1.807) is 0 Å². The van der Waals surface area contributed by atoms with Crippen molar-refractivity contribution in [3.05, 3.63) is 11.8 Å². The van der Waals surface area contributed by atoms with E-state index in [4.69, 9.17) is 9.72 Å². The van der Waals surface area contributed by atoms with Gasteiger partial charge < -0.3 is 14.5 Å². The summed E-state index contributed by atoms with van der Waals surface area (Å²) < 4.78 is 7.22. The molecule has 0 saturated carbocycles. The molecule has 1 saturated heterocycles. The highest BCUT2D eigenvalue weighted by Crippen LogP contribution is 2.21. The molecule has 0 bridgehead atoms. The van der Waals surface area contributed by atoms with E-state index in [9.17, 15) is 0 Å². The maximum Gasteiger partial charge on any atom is 0.256 e. The Morgan fingerprint density at radius 2 is 1.74 bits per heavy atom.